The van der Waals surface area contributed by atoms with E-state index < -0.39 is 0 Å². The Balaban J connectivity index is 1.70. The Kier molecular flexibility index (Phi) is 4.95. The number of ether oxygens (including phenoxy) is 1. The summed E-state index contributed by atoms with van der Waals surface area (Å²) in [6, 6.07) is 9.43. The summed E-state index contributed by atoms with van der Waals surface area (Å²) in [7, 11) is 1.73. The lowest BCUT2D eigenvalue weighted by atomic mass is 10.1. The molecule has 1 aliphatic carbocycles. The van der Waals surface area contributed by atoms with E-state index in [0.717, 1.165) is 22.3 Å². The molecular formula is C20H25N3OS. The van der Waals surface area contributed by atoms with Crippen molar-refractivity contribution in [1.82, 2.24) is 9.88 Å². The highest BCUT2D eigenvalue weighted by atomic mass is 32.2. The first kappa shape index (κ1) is 16.9. The summed E-state index contributed by atoms with van der Waals surface area (Å²) in [5.41, 5.74) is 3.69. The van der Waals surface area contributed by atoms with Crippen molar-refractivity contribution in [3.63, 3.8) is 0 Å². The van der Waals surface area contributed by atoms with Crippen LogP contribution in [0.5, 0.6) is 0 Å². The Morgan fingerprint density at radius 3 is 2.92 bits per heavy atom. The molecule has 25 heavy (non-hydrogen) atoms. The minimum Gasteiger partial charge on any atom is -0.383 e. The van der Waals surface area contributed by atoms with E-state index in [1.54, 1.807) is 18.9 Å². The molecule has 0 bridgehead atoms. The van der Waals surface area contributed by atoms with Crippen LogP contribution in [-0.4, -0.2) is 41.4 Å². The van der Waals surface area contributed by atoms with Crippen LogP contribution in [0, 0.1) is 6.92 Å². The van der Waals surface area contributed by atoms with Crippen LogP contribution in [0.3, 0.4) is 0 Å². The fourth-order valence-corrected chi connectivity index (χ4v) is 4.84. The van der Waals surface area contributed by atoms with Crippen molar-refractivity contribution in [2.75, 3.05) is 20.3 Å². The van der Waals surface area contributed by atoms with E-state index in [0.29, 0.717) is 19.2 Å². The van der Waals surface area contributed by atoms with Gasteiger partial charge in [0.15, 0.2) is 5.17 Å². The largest absolute Gasteiger partial charge is 0.383 e. The summed E-state index contributed by atoms with van der Waals surface area (Å²) in [5, 5.41) is 3.47. The Labute approximate surface area is 153 Å². The number of thioether (sulfide) groups is 1. The molecule has 5 heteroatoms. The first-order chi connectivity index (χ1) is 12.2. The van der Waals surface area contributed by atoms with Crippen LogP contribution >= 0.6 is 11.8 Å². The summed E-state index contributed by atoms with van der Waals surface area (Å²) in [6.45, 7) is 4.44. The number of aryl methyl sites for hydroxylation is 1. The maximum absolute atomic E-state index is 5.18. The molecule has 1 fully saturated rings. The number of benzene rings is 1. The zero-order chi connectivity index (χ0) is 17.2. The zero-order valence-corrected chi connectivity index (χ0v) is 15.8. The molecule has 1 aromatic carbocycles. The average molecular weight is 356 g/mol. The van der Waals surface area contributed by atoms with Crippen LogP contribution in [0.1, 0.15) is 36.8 Å². The second-order valence-electron chi connectivity index (χ2n) is 6.97. The van der Waals surface area contributed by atoms with Gasteiger partial charge in [-0.15, -0.1) is 0 Å². The van der Waals surface area contributed by atoms with E-state index in [1.807, 2.05) is 0 Å². The van der Waals surface area contributed by atoms with Gasteiger partial charge in [-0.2, -0.15) is 0 Å². The molecule has 0 spiro atoms. The van der Waals surface area contributed by atoms with E-state index >= 15 is 0 Å². The van der Waals surface area contributed by atoms with Gasteiger partial charge in [-0.05, 0) is 49.7 Å². The summed E-state index contributed by atoms with van der Waals surface area (Å²) >= 11 is 1.73. The quantitative estimate of drug-likeness (QED) is 0.762. The number of fused-ring (bicyclic) bond motifs is 2. The van der Waals surface area contributed by atoms with E-state index in [-0.39, 0.29) is 0 Å². The Morgan fingerprint density at radius 1 is 1.28 bits per heavy atom. The predicted octanol–water partition coefficient (Wildman–Crippen LogP) is 4.40. The molecule has 2 heterocycles. The van der Waals surface area contributed by atoms with E-state index in [1.165, 1.54) is 42.2 Å². The molecule has 1 aliphatic heterocycles. The lowest BCUT2D eigenvalue weighted by Gasteiger charge is -2.35. The fourth-order valence-electron chi connectivity index (χ4n) is 3.78. The molecule has 0 radical (unpaired) electrons. The van der Waals surface area contributed by atoms with E-state index in [9.17, 15) is 0 Å². The molecule has 1 aromatic heterocycles. The molecule has 0 unspecified atom stereocenters. The van der Waals surface area contributed by atoms with Gasteiger partial charge in [-0.1, -0.05) is 24.5 Å². The van der Waals surface area contributed by atoms with Crippen LogP contribution in [0.2, 0.25) is 0 Å². The molecule has 0 saturated heterocycles. The van der Waals surface area contributed by atoms with Crippen LogP contribution in [0.4, 0.5) is 0 Å². The maximum atomic E-state index is 5.18. The van der Waals surface area contributed by atoms with Crippen molar-refractivity contribution in [2.24, 2.45) is 4.99 Å². The average Bonchev–Trinajstić information content (AvgIpc) is 3.14. The van der Waals surface area contributed by atoms with Gasteiger partial charge in [0.1, 0.15) is 5.03 Å². The number of aromatic nitrogens is 1. The highest BCUT2D eigenvalue weighted by Gasteiger charge is 2.31. The lowest BCUT2D eigenvalue weighted by molar-refractivity contribution is 0.207. The fraction of sp³-hybridized carbons (Fsp3) is 0.500. The molecule has 2 aliphatic rings. The van der Waals surface area contributed by atoms with Crippen LogP contribution in [0.25, 0.3) is 10.9 Å². The molecule has 0 amide bonds. The monoisotopic (exact) mass is 355 g/mol. The van der Waals surface area contributed by atoms with Gasteiger partial charge < -0.3 is 9.64 Å². The van der Waals surface area contributed by atoms with Crippen LogP contribution in [0.15, 0.2) is 34.3 Å². The van der Waals surface area contributed by atoms with Gasteiger partial charge in [-0.25, -0.2) is 4.98 Å². The molecule has 4 nitrogen and oxygen atoms in total. The van der Waals surface area contributed by atoms with E-state index in [4.69, 9.17) is 14.7 Å². The number of pyridine rings is 1. The van der Waals surface area contributed by atoms with Gasteiger partial charge in [-0.3, -0.25) is 4.99 Å². The molecule has 0 atom stereocenters. The van der Waals surface area contributed by atoms with Gasteiger partial charge >= 0.3 is 0 Å². The van der Waals surface area contributed by atoms with Crippen molar-refractivity contribution in [2.45, 2.75) is 50.2 Å². The Bertz CT molecular complexity index is 799. The standard InChI is InChI=1S/C20H25N3OS/c1-14-7-8-18-15(11-14)12-16-13-23(17-5-3-4-6-17)20(21-9-10-24-2)25-19(16)22-18/h7-8,11-12,17H,3-6,9-10,13H2,1-2H3. The van der Waals surface area contributed by atoms with Gasteiger partial charge in [0.2, 0.25) is 0 Å². The number of aliphatic imine (C=N–C) groups is 1. The molecular weight excluding hydrogens is 330 g/mol. The molecule has 0 N–H and O–H groups in total. The van der Waals surface area contributed by atoms with E-state index in [2.05, 4.69) is 36.1 Å². The number of amidine groups is 1. The highest BCUT2D eigenvalue weighted by Crippen LogP contribution is 2.37. The number of hydrogen-bond donors (Lipinski definition) is 0. The minimum atomic E-state index is 0.621. The van der Waals surface area contributed by atoms with Gasteiger partial charge in [0.25, 0.3) is 0 Å². The SMILES string of the molecule is COCCN=C1Sc2nc3ccc(C)cc3cc2CN1C1CCCC1. The third-order valence-electron chi connectivity index (χ3n) is 5.09. The maximum Gasteiger partial charge on any atom is 0.166 e. The predicted molar refractivity (Wildman–Crippen MR) is 104 cm³/mol. The summed E-state index contributed by atoms with van der Waals surface area (Å²) < 4.78 is 5.18. The second-order valence-corrected chi connectivity index (χ2v) is 7.93. The van der Waals surface area contributed by atoms with Crippen molar-refractivity contribution < 1.29 is 4.74 Å². The molecule has 4 rings (SSSR count). The van der Waals surface area contributed by atoms with Gasteiger partial charge in [0.05, 0.1) is 18.7 Å². The lowest BCUT2D eigenvalue weighted by Crippen LogP contribution is -2.39. The topological polar surface area (TPSA) is 37.7 Å². The summed E-state index contributed by atoms with van der Waals surface area (Å²) in [6.07, 6.45) is 5.22. The molecule has 132 valence electrons. The third kappa shape index (κ3) is 3.53. The number of rotatable bonds is 4. The Hall–Kier alpha value is -1.59. The van der Waals surface area contributed by atoms with Crippen LogP contribution in [-0.2, 0) is 11.3 Å². The third-order valence-corrected chi connectivity index (χ3v) is 6.18. The van der Waals surface area contributed by atoms with Gasteiger partial charge in [0, 0.05) is 30.6 Å². The van der Waals surface area contributed by atoms with Crippen molar-refractivity contribution in [3.05, 3.63) is 35.4 Å². The number of nitrogens with zero attached hydrogens (tertiary/aromatic N) is 3. The highest BCUT2D eigenvalue weighted by molar-refractivity contribution is 8.13. The van der Waals surface area contributed by atoms with Crippen LogP contribution < -0.4 is 0 Å². The number of methoxy groups -OCH3 is 1. The smallest absolute Gasteiger partial charge is 0.166 e. The molecule has 2 aromatic rings. The van der Waals surface area contributed by atoms with Crippen molar-refractivity contribution >= 4 is 27.8 Å². The number of hydrogen-bond acceptors (Lipinski definition) is 4. The first-order valence-electron chi connectivity index (χ1n) is 9.13. The molecule has 1 saturated carbocycles. The zero-order valence-electron chi connectivity index (χ0n) is 15.0. The van der Waals surface area contributed by atoms with Crippen molar-refractivity contribution in [3.8, 4) is 0 Å². The first-order valence-corrected chi connectivity index (χ1v) is 9.94. The second kappa shape index (κ2) is 7.34. The summed E-state index contributed by atoms with van der Waals surface area (Å²) in [4.78, 5) is 12.3. The Morgan fingerprint density at radius 2 is 2.12 bits per heavy atom. The minimum absolute atomic E-state index is 0.621. The summed E-state index contributed by atoms with van der Waals surface area (Å²) in [5.74, 6) is 0. The normalized spacial score (nSPS) is 19.8. The van der Waals surface area contributed by atoms with Crippen molar-refractivity contribution in [1.29, 1.82) is 0 Å².